The molecule has 0 spiro atoms. The summed E-state index contributed by atoms with van der Waals surface area (Å²) in [6.45, 7) is 2.55. The van der Waals surface area contributed by atoms with E-state index in [0.29, 0.717) is 0 Å². The number of nitrogens with one attached hydrogen (secondary N) is 1. The first-order valence-corrected chi connectivity index (χ1v) is 7.89. The highest BCUT2D eigenvalue weighted by Crippen LogP contribution is 2.33. The third kappa shape index (κ3) is 2.73. The van der Waals surface area contributed by atoms with E-state index in [9.17, 15) is 0 Å². The van der Waals surface area contributed by atoms with Gasteiger partial charge in [0.15, 0.2) is 0 Å². The second kappa shape index (κ2) is 5.48. The van der Waals surface area contributed by atoms with Crippen molar-refractivity contribution in [3.05, 3.63) is 0 Å². The molecule has 1 N–H and O–H groups in total. The van der Waals surface area contributed by atoms with Gasteiger partial charge in [0.25, 0.3) is 0 Å². The molecule has 0 aliphatic carbocycles. The molecule has 0 saturated carbocycles. The van der Waals surface area contributed by atoms with Gasteiger partial charge in [-0.15, -0.1) is 0 Å². The Kier molecular flexibility index (Phi) is 3.92. The zero-order valence-corrected chi connectivity index (χ0v) is 12.1. The van der Waals surface area contributed by atoms with Crippen molar-refractivity contribution in [3.63, 3.8) is 0 Å². The van der Waals surface area contributed by atoms with E-state index in [1.807, 2.05) is 0 Å². The van der Waals surface area contributed by atoms with Crippen molar-refractivity contribution in [2.24, 2.45) is 0 Å². The fourth-order valence-corrected chi connectivity index (χ4v) is 4.26. The van der Waals surface area contributed by atoms with E-state index in [1.54, 1.807) is 0 Å². The fraction of sp³-hybridized carbons (Fsp3) is 1.00. The van der Waals surface area contributed by atoms with Crippen LogP contribution in [0.15, 0.2) is 0 Å². The summed E-state index contributed by atoms with van der Waals surface area (Å²) in [5, 5.41) is 3.97. The minimum Gasteiger partial charge on any atom is -0.311 e. The molecule has 0 radical (unpaired) electrons. The summed E-state index contributed by atoms with van der Waals surface area (Å²) in [5.41, 5.74) is 0. The molecule has 0 aromatic carbocycles. The lowest BCUT2D eigenvalue weighted by Crippen LogP contribution is -2.56. The maximum Gasteiger partial charge on any atom is 0.0110 e. The van der Waals surface area contributed by atoms with Crippen LogP contribution in [0, 0.1) is 0 Å². The van der Waals surface area contributed by atoms with Crippen molar-refractivity contribution in [1.82, 2.24) is 15.1 Å². The first-order chi connectivity index (χ1) is 8.72. The van der Waals surface area contributed by atoms with Crippen molar-refractivity contribution in [2.75, 3.05) is 27.2 Å². The third-order valence-corrected chi connectivity index (χ3v) is 5.53. The standard InChI is InChI=1S/C15H29N3/c1-17-8-6-12(7-9-17)16-13-10-14-4-3-5-15(11-13)18(14)2/h12-16H,3-11H2,1-2H3. The van der Waals surface area contributed by atoms with Crippen LogP contribution in [0.25, 0.3) is 0 Å². The lowest BCUT2D eigenvalue weighted by Gasteiger charge is -2.48. The minimum absolute atomic E-state index is 0.787. The van der Waals surface area contributed by atoms with Crippen molar-refractivity contribution in [3.8, 4) is 0 Å². The van der Waals surface area contributed by atoms with Crippen LogP contribution in [0.3, 0.4) is 0 Å². The van der Waals surface area contributed by atoms with E-state index >= 15 is 0 Å². The number of fused-ring (bicyclic) bond motifs is 2. The van der Waals surface area contributed by atoms with Gasteiger partial charge in [0.2, 0.25) is 0 Å². The highest BCUT2D eigenvalue weighted by Gasteiger charge is 2.36. The molecule has 3 fully saturated rings. The molecule has 2 unspecified atom stereocenters. The molecule has 2 bridgehead atoms. The van der Waals surface area contributed by atoms with Crippen LogP contribution >= 0.6 is 0 Å². The van der Waals surface area contributed by atoms with Crippen LogP contribution in [-0.2, 0) is 0 Å². The fourth-order valence-electron chi connectivity index (χ4n) is 4.26. The number of likely N-dealkylation sites (tertiary alicyclic amines) is 1. The molecule has 0 aromatic heterocycles. The van der Waals surface area contributed by atoms with Gasteiger partial charge in [-0.25, -0.2) is 0 Å². The van der Waals surface area contributed by atoms with E-state index in [4.69, 9.17) is 0 Å². The van der Waals surface area contributed by atoms with Gasteiger partial charge in [0, 0.05) is 24.2 Å². The molecule has 3 rings (SSSR count). The summed E-state index contributed by atoms with van der Waals surface area (Å²) >= 11 is 0. The average molecular weight is 251 g/mol. The van der Waals surface area contributed by atoms with Crippen molar-refractivity contribution in [1.29, 1.82) is 0 Å². The van der Waals surface area contributed by atoms with E-state index in [-0.39, 0.29) is 0 Å². The zero-order chi connectivity index (χ0) is 12.5. The molecular formula is C15H29N3. The van der Waals surface area contributed by atoms with Gasteiger partial charge in [-0.3, -0.25) is 0 Å². The molecule has 3 heterocycles. The van der Waals surface area contributed by atoms with Crippen LogP contribution in [0.4, 0.5) is 0 Å². The lowest BCUT2D eigenvalue weighted by atomic mass is 9.82. The zero-order valence-electron chi connectivity index (χ0n) is 12.1. The molecule has 3 nitrogen and oxygen atoms in total. The average Bonchev–Trinajstić information content (AvgIpc) is 2.33. The molecule has 104 valence electrons. The maximum absolute atomic E-state index is 3.97. The van der Waals surface area contributed by atoms with Crippen molar-refractivity contribution in [2.45, 2.75) is 69.1 Å². The Morgan fingerprint density at radius 2 is 1.44 bits per heavy atom. The smallest absolute Gasteiger partial charge is 0.0110 e. The Hall–Kier alpha value is -0.120. The van der Waals surface area contributed by atoms with Gasteiger partial charge in [-0.1, -0.05) is 6.42 Å². The summed E-state index contributed by atoms with van der Waals surface area (Å²) in [7, 11) is 4.59. The summed E-state index contributed by atoms with van der Waals surface area (Å²) in [6, 6.07) is 3.31. The number of nitrogens with zero attached hydrogens (tertiary/aromatic N) is 2. The lowest BCUT2D eigenvalue weighted by molar-refractivity contribution is 0.0432. The second-order valence-electron chi connectivity index (χ2n) is 6.82. The van der Waals surface area contributed by atoms with Gasteiger partial charge in [0.1, 0.15) is 0 Å². The normalized spacial score (nSPS) is 40.0. The Labute approximate surface area is 112 Å². The first kappa shape index (κ1) is 12.9. The van der Waals surface area contributed by atoms with E-state index in [0.717, 1.165) is 24.2 Å². The monoisotopic (exact) mass is 251 g/mol. The third-order valence-electron chi connectivity index (χ3n) is 5.53. The van der Waals surface area contributed by atoms with Crippen LogP contribution in [0.1, 0.15) is 44.9 Å². The van der Waals surface area contributed by atoms with E-state index in [2.05, 4.69) is 29.2 Å². The van der Waals surface area contributed by atoms with Gasteiger partial charge in [-0.2, -0.15) is 0 Å². The first-order valence-electron chi connectivity index (χ1n) is 7.89. The number of rotatable bonds is 2. The van der Waals surface area contributed by atoms with Crippen LogP contribution in [0.2, 0.25) is 0 Å². The summed E-state index contributed by atoms with van der Waals surface area (Å²) in [4.78, 5) is 5.12. The van der Waals surface area contributed by atoms with Gasteiger partial charge < -0.3 is 15.1 Å². The van der Waals surface area contributed by atoms with Gasteiger partial charge in [0.05, 0.1) is 0 Å². The molecule has 3 aliphatic heterocycles. The molecular weight excluding hydrogens is 222 g/mol. The maximum atomic E-state index is 3.97. The highest BCUT2D eigenvalue weighted by atomic mass is 15.2. The number of hydrogen-bond donors (Lipinski definition) is 1. The summed E-state index contributed by atoms with van der Waals surface area (Å²) in [5.74, 6) is 0. The Morgan fingerprint density at radius 3 is 2.06 bits per heavy atom. The molecule has 18 heavy (non-hydrogen) atoms. The number of piperidine rings is 3. The van der Waals surface area contributed by atoms with Gasteiger partial charge in [-0.05, 0) is 65.7 Å². The molecule has 2 atom stereocenters. The summed E-state index contributed by atoms with van der Waals surface area (Å²) < 4.78 is 0. The Morgan fingerprint density at radius 1 is 0.833 bits per heavy atom. The quantitative estimate of drug-likeness (QED) is 0.806. The SMILES string of the molecule is CN1CCC(NC2CC3CCCC(C2)N3C)CC1. The molecule has 3 aliphatic rings. The Balaban J connectivity index is 1.52. The van der Waals surface area contributed by atoms with E-state index in [1.165, 1.54) is 58.0 Å². The Bertz CT molecular complexity index is 259. The minimum atomic E-state index is 0.787. The predicted octanol–water partition coefficient (Wildman–Crippen LogP) is 1.69. The predicted molar refractivity (Wildman–Crippen MR) is 75.9 cm³/mol. The number of hydrogen-bond acceptors (Lipinski definition) is 3. The topological polar surface area (TPSA) is 18.5 Å². The van der Waals surface area contributed by atoms with E-state index < -0.39 is 0 Å². The van der Waals surface area contributed by atoms with Crippen molar-refractivity contribution < 1.29 is 0 Å². The largest absolute Gasteiger partial charge is 0.311 e. The molecule has 0 aromatic rings. The molecule has 3 heteroatoms. The van der Waals surface area contributed by atoms with Crippen LogP contribution in [0.5, 0.6) is 0 Å². The second-order valence-corrected chi connectivity index (χ2v) is 6.82. The van der Waals surface area contributed by atoms with Crippen molar-refractivity contribution >= 4 is 0 Å². The molecule has 3 saturated heterocycles. The van der Waals surface area contributed by atoms with Crippen LogP contribution in [-0.4, -0.2) is 61.2 Å². The molecule has 0 amide bonds. The van der Waals surface area contributed by atoms with Gasteiger partial charge >= 0.3 is 0 Å². The summed E-state index contributed by atoms with van der Waals surface area (Å²) in [6.07, 6.45) is 9.78. The highest BCUT2D eigenvalue weighted by molar-refractivity contribution is 4.94. The van der Waals surface area contributed by atoms with Crippen LogP contribution < -0.4 is 5.32 Å².